The lowest BCUT2D eigenvalue weighted by molar-refractivity contribution is 0.319. The molecule has 0 radical (unpaired) electrons. The molecule has 3 unspecified atom stereocenters. The van der Waals surface area contributed by atoms with Gasteiger partial charge in [-0.3, -0.25) is 0 Å². The standard InChI is InChI=1S/C13H27NO2S/c1-3-5-6-9-17(15,16)13-10-11(4-2)7-8-12(13)14/h11-13H,3-10,14H2,1-2H3. The maximum atomic E-state index is 12.3. The van der Waals surface area contributed by atoms with Gasteiger partial charge in [-0.2, -0.15) is 0 Å². The Kier molecular flexibility index (Phi) is 5.93. The van der Waals surface area contributed by atoms with Crippen LogP contribution >= 0.6 is 0 Å². The quantitative estimate of drug-likeness (QED) is 0.747. The molecule has 1 aliphatic rings. The van der Waals surface area contributed by atoms with Gasteiger partial charge in [0.2, 0.25) is 0 Å². The van der Waals surface area contributed by atoms with Gasteiger partial charge in [-0.25, -0.2) is 8.42 Å². The summed E-state index contributed by atoms with van der Waals surface area (Å²) in [6.45, 7) is 4.23. The van der Waals surface area contributed by atoms with E-state index in [1.165, 1.54) is 0 Å². The molecule has 0 aliphatic heterocycles. The summed E-state index contributed by atoms with van der Waals surface area (Å²) >= 11 is 0. The first kappa shape index (κ1) is 15.0. The molecule has 0 heterocycles. The van der Waals surface area contributed by atoms with Crippen molar-refractivity contribution in [1.82, 2.24) is 0 Å². The molecule has 2 N–H and O–H groups in total. The van der Waals surface area contributed by atoms with Gasteiger partial charge in [-0.05, 0) is 31.6 Å². The molecule has 0 aromatic rings. The molecule has 1 aliphatic carbocycles. The van der Waals surface area contributed by atoms with Gasteiger partial charge in [0.25, 0.3) is 0 Å². The fourth-order valence-electron chi connectivity index (χ4n) is 2.72. The molecule has 0 aromatic carbocycles. The van der Waals surface area contributed by atoms with Crippen LogP contribution in [0.2, 0.25) is 0 Å². The topological polar surface area (TPSA) is 60.2 Å². The molecule has 3 atom stereocenters. The highest BCUT2D eigenvalue weighted by Gasteiger charge is 2.36. The monoisotopic (exact) mass is 261 g/mol. The molecular weight excluding hydrogens is 234 g/mol. The van der Waals surface area contributed by atoms with Crippen LogP contribution in [0.1, 0.15) is 58.8 Å². The van der Waals surface area contributed by atoms with Crippen molar-refractivity contribution in [2.24, 2.45) is 11.7 Å². The van der Waals surface area contributed by atoms with Crippen LogP contribution in [-0.4, -0.2) is 25.5 Å². The van der Waals surface area contributed by atoms with Gasteiger partial charge in [0.15, 0.2) is 9.84 Å². The zero-order valence-electron chi connectivity index (χ0n) is 11.2. The number of sulfone groups is 1. The minimum absolute atomic E-state index is 0.135. The van der Waals surface area contributed by atoms with Crippen molar-refractivity contribution >= 4 is 9.84 Å². The second kappa shape index (κ2) is 6.74. The van der Waals surface area contributed by atoms with E-state index in [9.17, 15) is 8.42 Å². The molecule has 4 heteroatoms. The third kappa shape index (κ3) is 4.25. The SMILES string of the molecule is CCCCCS(=O)(=O)C1CC(CC)CCC1N. The highest BCUT2D eigenvalue weighted by atomic mass is 32.2. The van der Waals surface area contributed by atoms with Crippen LogP contribution in [0, 0.1) is 5.92 Å². The summed E-state index contributed by atoms with van der Waals surface area (Å²) in [6.07, 6.45) is 6.68. The van der Waals surface area contributed by atoms with E-state index < -0.39 is 9.84 Å². The third-order valence-corrected chi connectivity index (χ3v) is 6.34. The minimum atomic E-state index is -2.97. The summed E-state index contributed by atoms with van der Waals surface area (Å²) in [7, 11) is -2.97. The van der Waals surface area contributed by atoms with E-state index in [1.807, 2.05) is 0 Å². The number of hydrogen-bond donors (Lipinski definition) is 1. The Morgan fingerprint density at radius 1 is 1.18 bits per heavy atom. The molecule has 0 bridgehead atoms. The largest absolute Gasteiger partial charge is 0.327 e. The molecule has 1 fully saturated rings. The van der Waals surface area contributed by atoms with Crippen LogP contribution < -0.4 is 5.73 Å². The molecule has 1 rings (SSSR count). The van der Waals surface area contributed by atoms with Gasteiger partial charge in [-0.15, -0.1) is 0 Å². The van der Waals surface area contributed by atoms with E-state index in [1.54, 1.807) is 0 Å². The lowest BCUT2D eigenvalue weighted by Gasteiger charge is -2.33. The third-order valence-electron chi connectivity index (χ3n) is 4.02. The van der Waals surface area contributed by atoms with E-state index in [2.05, 4.69) is 13.8 Å². The van der Waals surface area contributed by atoms with Crippen LogP contribution in [0.25, 0.3) is 0 Å². The number of nitrogens with two attached hydrogens (primary N) is 1. The highest BCUT2D eigenvalue weighted by Crippen LogP contribution is 2.30. The maximum Gasteiger partial charge on any atom is 0.154 e. The van der Waals surface area contributed by atoms with Crippen molar-refractivity contribution in [3.8, 4) is 0 Å². The van der Waals surface area contributed by atoms with Crippen molar-refractivity contribution in [2.45, 2.75) is 70.1 Å². The Balaban J connectivity index is 2.61. The molecule has 1 saturated carbocycles. The van der Waals surface area contributed by atoms with Crippen LogP contribution in [0.15, 0.2) is 0 Å². The Morgan fingerprint density at radius 3 is 2.47 bits per heavy atom. The van der Waals surface area contributed by atoms with Gasteiger partial charge in [0.1, 0.15) is 0 Å². The van der Waals surface area contributed by atoms with Gasteiger partial charge in [-0.1, -0.05) is 33.1 Å². The summed E-state index contributed by atoms with van der Waals surface area (Å²) in [5.74, 6) is 0.885. The molecule has 3 nitrogen and oxygen atoms in total. The average molecular weight is 261 g/mol. The number of hydrogen-bond acceptors (Lipinski definition) is 3. The number of rotatable bonds is 6. The van der Waals surface area contributed by atoms with E-state index in [0.29, 0.717) is 11.7 Å². The van der Waals surface area contributed by atoms with Crippen LogP contribution in [0.3, 0.4) is 0 Å². The van der Waals surface area contributed by atoms with Crippen LogP contribution in [-0.2, 0) is 9.84 Å². The predicted molar refractivity (Wildman–Crippen MR) is 72.7 cm³/mol. The summed E-state index contributed by atoms with van der Waals surface area (Å²) in [5.41, 5.74) is 6.01. The predicted octanol–water partition coefficient (Wildman–Crippen LogP) is 2.50. The van der Waals surface area contributed by atoms with Crippen molar-refractivity contribution in [2.75, 3.05) is 5.75 Å². The zero-order chi connectivity index (χ0) is 12.9. The first-order valence-electron chi connectivity index (χ1n) is 6.98. The first-order valence-corrected chi connectivity index (χ1v) is 8.70. The van der Waals surface area contributed by atoms with Crippen molar-refractivity contribution in [3.05, 3.63) is 0 Å². The Bertz CT molecular complexity index is 313. The van der Waals surface area contributed by atoms with E-state index in [0.717, 1.165) is 44.9 Å². The first-order chi connectivity index (χ1) is 8.01. The lowest BCUT2D eigenvalue weighted by atomic mass is 9.84. The molecule has 17 heavy (non-hydrogen) atoms. The van der Waals surface area contributed by atoms with Crippen molar-refractivity contribution in [1.29, 1.82) is 0 Å². The molecule has 0 aromatic heterocycles. The van der Waals surface area contributed by atoms with E-state index in [-0.39, 0.29) is 11.3 Å². The lowest BCUT2D eigenvalue weighted by Crippen LogP contribution is -2.45. The van der Waals surface area contributed by atoms with Gasteiger partial charge < -0.3 is 5.73 Å². The van der Waals surface area contributed by atoms with Crippen molar-refractivity contribution in [3.63, 3.8) is 0 Å². The van der Waals surface area contributed by atoms with Crippen LogP contribution in [0.5, 0.6) is 0 Å². The summed E-state index contributed by atoms with van der Waals surface area (Å²) in [4.78, 5) is 0. The molecule has 0 amide bonds. The number of unbranched alkanes of at least 4 members (excludes halogenated alkanes) is 2. The molecular formula is C13H27NO2S. The normalized spacial score (nSPS) is 30.4. The molecule has 0 spiro atoms. The molecule has 102 valence electrons. The Hall–Kier alpha value is -0.0900. The summed E-state index contributed by atoms with van der Waals surface area (Å²) in [5, 5.41) is -0.280. The van der Waals surface area contributed by atoms with Gasteiger partial charge in [0, 0.05) is 6.04 Å². The average Bonchev–Trinajstić information content (AvgIpc) is 2.29. The Labute approximate surface area is 106 Å². The van der Waals surface area contributed by atoms with Crippen LogP contribution in [0.4, 0.5) is 0 Å². The second-order valence-electron chi connectivity index (χ2n) is 5.36. The Morgan fingerprint density at radius 2 is 1.88 bits per heavy atom. The maximum absolute atomic E-state index is 12.3. The summed E-state index contributed by atoms with van der Waals surface area (Å²) < 4.78 is 24.5. The van der Waals surface area contributed by atoms with E-state index in [4.69, 9.17) is 5.73 Å². The van der Waals surface area contributed by atoms with Gasteiger partial charge >= 0.3 is 0 Å². The fourth-order valence-corrected chi connectivity index (χ4v) is 4.87. The zero-order valence-corrected chi connectivity index (χ0v) is 12.0. The second-order valence-corrected chi connectivity index (χ2v) is 7.70. The van der Waals surface area contributed by atoms with E-state index >= 15 is 0 Å². The van der Waals surface area contributed by atoms with Crippen molar-refractivity contribution < 1.29 is 8.42 Å². The highest BCUT2D eigenvalue weighted by molar-refractivity contribution is 7.92. The van der Waals surface area contributed by atoms with Gasteiger partial charge in [0.05, 0.1) is 11.0 Å². The fraction of sp³-hybridized carbons (Fsp3) is 1.00. The summed E-state index contributed by atoms with van der Waals surface area (Å²) in [6, 6.07) is -0.135. The minimum Gasteiger partial charge on any atom is -0.327 e. The smallest absolute Gasteiger partial charge is 0.154 e. The molecule has 0 saturated heterocycles.